The van der Waals surface area contributed by atoms with Crippen molar-refractivity contribution in [3.05, 3.63) is 11.1 Å². The second-order valence-electron chi connectivity index (χ2n) is 2.84. The summed E-state index contributed by atoms with van der Waals surface area (Å²) in [5.41, 5.74) is 5.60. The van der Waals surface area contributed by atoms with Crippen LogP contribution in [0.3, 0.4) is 0 Å². The zero-order valence-corrected chi connectivity index (χ0v) is 9.60. The Labute approximate surface area is 94.7 Å². The van der Waals surface area contributed by atoms with Gasteiger partial charge in [0.1, 0.15) is 0 Å². The molecule has 0 radical (unpaired) electrons. The van der Waals surface area contributed by atoms with E-state index in [0.29, 0.717) is 10.0 Å². The maximum atomic E-state index is 10.8. The molecule has 1 unspecified atom stereocenters. The number of primary amides is 1. The molecule has 0 saturated carbocycles. The summed E-state index contributed by atoms with van der Waals surface area (Å²) in [5, 5.41) is 9.85. The van der Waals surface area contributed by atoms with Gasteiger partial charge in [-0.1, -0.05) is 11.8 Å². The first-order valence-electron chi connectivity index (χ1n) is 4.11. The average Bonchev–Trinajstić information content (AvgIpc) is 2.51. The molecule has 3 N–H and O–H groups in total. The summed E-state index contributed by atoms with van der Waals surface area (Å²) in [6.45, 7) is 1.69. The standard InChI is InChI=1S/C8H10N2O3S2/c1-4(7(9)13)15-8-10-5(3-14-8)2-6(11)12/h3-4H,2H2,1H3,(H2,9,13)(H,11,12). The minimum Gasteiger partial charge on any atom is -0.481 e. The Hall–Kier alpha value is -1.08. The molecule has 1 amide bonds. The van der Waals surface area contributed by atoms with Crippen molar-refractivity contribution in [2.45, 2.75) is 22.9 Å². The van der Waals surface area contributed by atoms with Crippen molar-refractivity contribution in [2.24, 2.45) is 5.73 Å². The van der Waals surface area contributed by atoms with Gasteiger partial charge in [0.25, 0.3) is 0 Å². The summed E-state index contributed by atoms with van der Waals surface area (Å²) >= 11 is 2.56. The van der Waals surface area contributed by atoms with E-state index >= 15 is 0 Å². The monoisotopic (exact) mass is 246 g/mol. The number of nitrogens with zero attached hydrogens (tertiary/aromatic N) is 1. The Morgan fingerprint density at radius 1 is 1.73 bits per heavy atom. The molecule has 0 fully saturated rings. The van der Waals surface area contributed by atoms with Gasteiger partial charge >= 0.3 is 5.97 Å². The van der Waals surface area contributed by atoms with Crippen molar-refractivity contribution in [2.75, 3.05) is 0 Å². The molecule has 82 valence electrons. The smallest absolute Gasteiger partial charge is 0.309 e. The molecule has 1 aromatic rings. The Kier molecular flexibility index (Phi) is 4.10. The van der Waals surface area contributed by atoms with E-state index in [1.165, 1.54) is 23.1 Å². The molecule has 0 spiro atoms. The van der Waals surface area contributed by atoms with Crippen LogP contribution < -0.4 is 5.73 Å². The summed E-state index contributed by atoms with van der Waals surface area (Å²) in [7, 11) is 0. The van der Waals surface area contributed by atoms with Crippen LogP contribution >= 0.6 is 23.1 Å². The van der Waals surface area contributed by atoms with Crippen LogP contribution in [0.5, 0.6) is 0 Å². The summed E-state index contributed by atoms with van der Waals surface area (Å²) in [5.74, 6) is -1.32. The number of carboxylic acid groups (broad SMARTS) is 1. The maximum absolute atomic E-state index is 10.8. The van der Waals surface area contributed by atoms with Crippen LogP contribution in [0, 0.1) is 0 Å². The van der Waals surface area contributed by atoms with Gasteiger partial charge in [-0.25, -0.2) is 4.98 Å². The second-order valence-corrected chi connectivity index (χ2v) is 5.28. The number of hydrogen-bond donors (Lipinski definition) is 2. The van der Waals surface area contributed by atoms with Crippen molar-refractivity contribution in [3.63, 3.8) is 0 Å². The molecule has 0 aliphatic heterocycles. The minimum absolute atomic E-state index is 0.0952. The fourth-order valence-corrected chi connectivity index (χ4v) is 2.72. The number of aromatic nitrogens is 1. The third kappa shape index (κ3) is 3.88. The van der Waals surface area contributed by atoms with Crippen LogP contribution in [0.4, 0.5) is 0 Å². The third-order valence-corrected chi connectivity index (χ3v) is 3.68. The fraction of sp³-hybridized carbons (Fsp3) is 0.375. The number of thiazole rings is 1. The van der Waals surface area contributed by atoms with E-state index in [1.54, 1.807) is 12.3 Å². The van der Waals surface area contributed by atoms with E-state index in [0.717, 1.165) is 0 Å². The van der Waals surface area contributed by atoms with Gasteiger partial charge in [0.2, 0.25) is 5.91 Å². The Morgan fingerprint density at radius 2 is 2.40 bits per heavy atom. The lowest BCUT2D eigenvalue weighted by molar-refractivity contribution is -0.136. The lowest BCUT2D eigenvalue weighted by Gasteiger charge is -2.02. The first-order valence-corrected chi connectivity index (χ1v) is 5.87. The second kappa shape index (κ2) is 5.13. The number of carbonyl (C=O) groups is 2. The molecule has 1 heterocycles. The minimum atomic E-state index is -0.917. The molecule has 0 saturated heterocycles. The van der Waals surface area contributed by atoms with Crippen LogP contribution in [-0.4, -0.2) is 27.2 Å². The Bertz CT molecular complexity index is 378. The van der Waals surface area contributed by atoms with Crippen molar-refractivity contribution in [1.82, 2.24) is 4.98 Å². The third-order valence-electron chi connectivity index (χ3n) is 1.54. The SMILES string of the molecule is CC(Sc1nc(CC(=O)O)cs1)C(N)=O. The van der Waals surface area contributed by atoms with E-state index in [4.69, 9.17) is 10.8 Å². The largest absolute Gasteiger partial charge is 0.481 e. The van der Waals surface area contributed by atoms with Gasteiger partial charge in [-0.15, -0.1) is 11.3 Å². The Morgan fingerprint density at radius 3 is 2.93 bits per heavy atom. The molecular formula is C8H10N2O3S2. The first-order chi connectivity index (χ1) is 6.99. The van der Waals surface area contributed by atoms with Gasteiger partial charge in [0.15, 0.2) is 4.34 Å². The number of carboxylic acids is 1. The predicted octanol–water partition coefficient (Wildman–Crippen LogP) is 0.736. The molecule has 0 aliphatic rings. The molecule has 0 aromatic carbocycles. The van der Waals surface area contributed by atoms with Gasteiger partial charge in [0, 0.05) is 5.38 Å². The summed E-state index contributed by atoms with van der Waals surface area (Å²) in [4.78, 5) is 25.2. The molecule has 0 bridgehead atoms. The van der Waals surface area contributed by atoms with Gasteiger partial charge < -0.3 is 10.8 Å². The lowest BCUT2D eigenvalue weighted by atomic mass is 10.3. The van der Waals surface area contributed by atoms with E-state index < -0.39 is 11.9 Å². The van der Waals surface area contributed by atoms with Crippen molar-refractivity contribution < 1.29 is 14.7 Å². The molecule has 1 atom stereocenters. The highest BCUT2D eigenvalue weighted by Crippen LogP contribution is 2.26. The van der Waals surface area contributed by atoms with Gasteiger partial charge in [-0.05, 0) is 6.92 Å². The average molecular weight is 246 g/mol. The van der Waals surface area contributed by atoms with E-state index in [2.05, 4.69) is 4.98 Å². The highest BCUT2D eigenvalue weighted by molar-refractivity contribution is 8.02. The molecule has 15 heavy (non-hydrogen) atoms. The highest BCUT2D eigenvalue weighted by Gasteiger charge is 2.13. The predicted molar refractivity (Wildman–Crippen MR) is 58.0 cm³/mol. The summed E-state index contributed by atoms with van der Waals surface area (Å²) < 4.78 is 0.664. The molecule has 1 rings (SSSR count). The van der Waals surface area contributed by atoms with Crippen molar-refractivity contribution in [1.29, 1.82) is 0 Å². The quantitative estimate of drug-likeness (QED) is 0.747. The zero-order chi connectivity index (χ0) is 11.4. The maximum Gasteiger partial charge on any atom is 0.309 e. The molecule has 5 nitrogen and oxygen atoms in total. The Balaban J connectivity index is 2.60. The van der Waals surface area contributed by atoms with Crippen molar-refractivity contribution >= 4 is 35.0 Å². The van der Waals surface area contributed by atoms with Crippen LogP contribution in [0.1, 0.15) is 12.6 Å². The van der Waals surface area contributed by atoms with Crippen LogP contribution in [0.15, 0.2) is 9.72 Å². The van der Waals surface area contributed by atoms with E-state index in [1.807, 2.05) is 0 Å². The van der Waals surface area contributed by atoms with E-state index in [-0.39, 0.29) is 11.7 Å². The first kappa shape index (κ1) is 12.0. The highest BCUT2D eigenvalue weighted by atomic mass is 32.2. The number of thioether (sulfide) groups is 1. The van der Waals surface area contributed by atoms with Crippen LogP contribution in [0.25, 0.3) is 0 Å². The number of nitrogens with two attached hydrogens (primary N) is 1. The van der Waals surface area contributed by atoms with Gasteiger partial charge in [-0.2, -0.15) is 0 Å². The molecule has 1 aromatic heterocycles. The number of aliphatic carboxylic acids is 1. The van der Waals surface area contributed by atoms with Gasteiger partial charge in [-0.3, -0.25) is 9.59 Å². The van der Waals surface area contributed by atoms with Gasteiger partial charge in [0.05, 0.1) is 17.4 Å². The number of hydrogen-bond acceptors (Lipinski definition) is 5. The van der Waals surface area contributed by atoms with Crippen LogP contribution in [0.2, 0.25) is 0 Å². The van der Waals surface area contributed by atoms with Crippen molar-refractivity contribution in [3.8, 4) is 0 Å². The molecule has 7 heteroatoms. The zero-order valence-electron chi connectivity index (χ0n) is 7.97. The molecule has 0 aliphatic carbocycles. The number of carbonyl (C=O) groups excluding carboxylic acids is 1. The lowest BCUT2D eigenvalue weighted by Crippen LogP contribution is -2.22. The number of amides is 1. The summed E-state index contributed by atoms with van der Waals surface area (Å²) in [6, 6.07) is 0. The topological polar surface area (TPSA) is 93.3 Å². The summed E-state index contributed by atoms with van der Waals surface area (Å²) in [6.07, 6.45) is -0.0952. The number of rotatable bonds is 5. The normalized spacial score (nSPS) is 12.3. The van der Waals surface area contributed by atoms with Crippen LogP contribution in [-0.2, 0) is 16.0 Å². The molecular weight excluding hydrogens is 236 g/mol. The fourth-order valence-electron chi connectivity index (χ4n) is 0.788. The van der Waals surface area contributed by atoms with E-state index in [9.17, 15) is 9.59 Å².